The molecule has 2 fully saturated rings. The maximum atomic E-state index is 13.3. The van der Waals surface area contributed by atoms with Crippen LogP contribution in [-0.4, -0.2) is 11.9 Å². The summed E-state index contributed by atoms with van der Waals surface area (Å²) in [5, 5.41) is 2.96. The van der Waals surface area contributed by atoms with E-state index in [9.17, 15) is 9.18 Å². The fourth-order valence-corrected chi connectivity index (χ4v) is 4.56. The minimum Gasteiger partial charge on any atom is -0.352 e. The second-order valence-corrected chi connectivity index (χ2v) is 7.61. The van der Waals surface area contributed by atoms with Crippen LogP contribution in [0, 0.1) is 23.6 Å². The van der Waals surface area contributed by atoms with Crippen molar-refractivity contribution in [2.75, 3.05) is 0 Å². The molecule has 2 atom stereocenters. The van der Waals surface area contributed by atoms with Gasteiger partial charge in [0.2, 0.25) is 5.91 Å². The lowest BCUT2D eigenvalue weighted by atomic mass is 9.65. The van der Waals surface area contributed by atoms with Crippen LogP contribution in [-0.2, 0) is 11.3 Å². The molecule has 1 aromatic carbocycles. The van der Waals surface area contributed by atoms with Crippen molar-refractivity contribution in [3.8, 4) is 0 Å². The molecule has 0 radical (unpaired) electrons. The molecule has 0 aromatic heterocycles. The van der Waals surface area contributed by atoms with Crippen LogP contribution in [0.3, 0.4) is 0 Å². The minimum atomic E-state index is -0.295. The third-order valence-electron chi connectivity index (χ3n) is 5.17. The Bertz CT molecular complexity index is 531. The molecule has 2 saturated carbocycles. The van der Waals surface area contributed by atoms with E-state index in [1.165, 1.54) is 18.6 Å². The maximum absolute atomic E-state index is 13.3. The van der Waals surface area contributed by atoms with Gasteiger partial charge in [0.05, 0.1) is 0 Å². The van der Waals surface area contributed by atoms with E-state index < -0.39 is 0 Å². The molecule has 0 saturated heterocycles. The second kappa shape index (κ2) is 6.67. The predicted octanol–water partition coefficient (Wildman–Crippen LogP) is 3.36. The van der Waals surface area contributed by atoms with Crippen molar-refractivity contribution >= 4 is 21.8 Å². The number of hydrogen-bond acceptors (Lipinski definition) is 2. The topological polar surface area (TPSA) is 55.1 Å². The lowest BCUT2D eigenvalue weighted by Crippen LogP contribution is -2.49. The largest absolute Gasteiger partial charge is 0.352 e. The number of carbonyl (C=O) groups is 1. The van der Waals surface area contributed by atoms with E-state index in [-0.39, 0.29) is 23.7 Å². The average Bonchev–Trinajstić information content (AvgIpc) is 2.43. The lowest BCUT2D eigenvalue weighted by Gasteiger charge is -2.43. The summed E-state index contributed by atoms with van der Waals surface area (Å²) in [5.41, 5.74) is 7.04. The number of nitrogens with two attached hydrogens (primary N) is 1. The van der Waals surface area contributed by atoms with Gasteiger partial charge in [0.1, 0.15) is 5.82 Å². The highest BCUT2D eigenvalue weighted by Crippen LogP contribution is 2.41. The van der Waals surface area contributed by atoms with Gasteiger partial charge in [-0.15, -0.1) is 0 Å². The van der Waals surface area contributed by atoms with Gasteiger partial charge in [-0.25, -0.2) is 4.39 Å². The Morgan fingerprint density at radius 1 is 1.27 bits per heavy atom. The Labute approximate surface area is 139 Å². The van der Waals surface area contributed by atoms with Gasteiger partial charge < -0.3 is 11.1 Å². The van der Waals surface area contributed by atoms with Gasteiger partial charge in [-0.05, 0) is 61.3 Å². The van der Waals surface area contributed by atoms with Crippen LogP contribution < -0.4 is 11.1 Å². The number of carbonyl (C=O) groups excluding carboxylic acids is 1. The highest BCUT2D eigenvalue weighted by atomic mass is 79.9. The fourth-order valence-electron chi connectivity index (χ4n) is 4.05. The molecule has 2 bridgehead atoms. The van der Waals surface area contributed by atoms with Gasteiger partial charge in [0, 0.05) is 23.0 Å². The molecule has 0 heterocycles. The zero-order valence-corrected chi connectivity index (χ0v) is 14.1. The van der Waals surface area contributed by atoms with E-state index >= 15 is 0 Å². The van der Waals surface area contributed by atoms with Crippen LogP contribution in [0.15, 0.2) is 22.7 Å². The maximum Gasteiger partial charge on any atom is 0.223 e. The first kappa shape index (κ1) is 15.9. The average molecular weight is 369 g/mol. The summed E-state index contributed by atoms with van der Waals surface area (Å²) < 4.78 is 14.0. The third kappa shape index (κ3) is 3.51. The first-order chi connectivity index (χ1) is 10.5. The monoisotopic (exact) mass is 368 g/mol. The van der Waals surface area contributed by atoms with E-state index in [1.54, 1.807) is 0 Å². The summed E-state index contributed by atoms with van der Waals surface area (Å²) in [4.78, 5) is 12.4. The number of benzene rings is 1. The minimum absolute atomic E-state index is 0.0621. The first-order valence-electron chi connectivity index (χ1n) is 8.01. The molecule has 120 valence electrons. The van der Waals surface area contributed by atoms with Gasteiger partial charge in [-0.1, -0.05) is 22.4 Å². The van der Waals surface area contributed by atoms with Crippen LogP contribution in [0.5, 0.6) is 0 Å². The van der Waals surface area contributed by atoms with Crippen LogP contribution in [0.2, 0.25) is 0 Å². The second-order valence-electron chi connectivity index (χ2n) is 6.69. The van der Waals surface area contributed by atoms with Gasteiger partial charge in [-0.2, -0.15) is 0 Å². The number of hydrogen-bond donors (Lipinski definition) is 2. The van der Waals surface area contributed by atoms with Gasteiger partial charge in [0.25, 0.3) is 0 Å². The van der Waals surface area contributed by atoms with Crippen molar-refractivity contribution in [3.63, 3.8) is 0 Å². The Hall–Kier alpha value is -0.940. The molecule has 3 nitrogen and oxygen atoms in total. The molecule has 0 spiro atoms. The molecular formula is C17H22BrFN2O. The highest BCUT2D eigenvalue weighted by molar-refractivity contribution is 9.10. The van der Waals surface area contributed by atoms with E-state index in [1.807, 2.05) is 6.07 Å². The summed E-state index contributed by atoms with van der Waals surface area (Å²) in [6, 6.07) is 4.97. The summed E-state index contributed by atoms with van der Waals surface area (Å²) in [7, 11) is 0. The van der Waals surface area contributed by atoms with Gasteiger partial charge >= 0.3 is 0 Å². The Kier molecular flexibility index (Phi) is 4.83. The highest BCUT2D eigenvalue weighted by Gasteiger charge is 2.40. The van der Waals surface area contributed by atoms with E-state index in [2.05, 4.69) is 21.2 Å². The molecule has 1 aromatic rings. The SMILES string of the molecule is NC1C2CCCC1CC(C(=O)NCc1cc(F)cc(Br)c1)C2. The molecule has 1 amide bonds. The van der Waals surface area contributed by atoms with E-state index in [0.29, 0.717) is 22.9 Å². The number of fused-ring (bicyclic) bond motifs is 2. The molecule has 22 heavy (non-hydrogen) atoms. The summed E-state index contributed by atoms with van der Waals surface area (Å²) in [6.07, 6.45) is 5.35. The lowest BCUT2D eigenvalue weighted by molar-refractivity contribution is -0.128. The Morgan fingerprint density at radius 2 is 1.95 bits per heavy atom. The zero-order valence-electron chi connectivity index (χ0n) is 12.5. The standard InChI is InChI=1S/C17H22BrFN2O/c18-14-4-10(5-15(19)8-14)9-21-17(22)13-6-11-2-1-3-12(7-13)16(11)20/h4-5,8,11-13,16H,1-3,6-7,9,20H2,(H,21,22). The van der Waals surface area contributed by atoms with Gasteiger partial charge in [0.15, 0.2) is 0 Å². The molecular weight excluding hydrogens is 347 g/mol. The zero-order chi connectivity index (χ0) is 15.7. The van der Waals surface area contributed by atoms with Crippen LogP contribution in [0.1, 0.15) is 37.7 Å². The van der Waals surface area contributed by atoms with Crippen LogP contribution in [0.25, 0.3) is 0 Å². The van der Waals surface area contributed by atoms with Crippen LogP contribution in [0.4, 0.5) is 4.39 Å². The normalized spacial score (nSPS) is 30.9. The number of amides is 1. The summed E-state index contributed by atoms with van der Waals surface area (Å²) in [5.74, 6) is 0.839. The quantitative estimate of drug-likeness (QED) is 0.859. The van der Waals surface area contributed by atoms with Crippen molar-refractivity contribution in [2.45, 2.75) is 44.7 Å². The van der Waals surface area contributed by atoms with Crippen molar-refractivity contribution in [1.29, 1.82) is 0 Å². The van der Waals surface area contributed by atoms with Crippen molar-refractivity contribution in [1.82, 2.24) is 5.32 Å². The third-order valence-corrected chi connectivity index (χ3v) is 5.63. The van der Waals surface area contributed by atoms with Crippen molar-refractivity contribution in [2.24, 2.45) is 23.5 Å². The molecule has 5 heteroatoms. The molecule has 2 unspecified atom stereocenters. The Morgan fingerprint density at radius 3 is 2.59 bits per heavy atom. The van der Waals surface area contributed by atoms with Crippen molar-refractivity contribution < 1.29 is 9.18 Å². The van der Waals surface area contributed by atoms with Crippen LogP contribution >= 0.6 is 15.9 Å². The molecule has 0 aliphatic heterocycles. The fraction of sp³-hybridized carbons (Fsp3) is 0.588. The number of halogens is 2. The number of nitrogens with one attached hydrogen (secondary N) is 1. The Balaban J connectivity index is 1.58. The van der Waals surface area contributed by atoms with E-state index in [0.717, 1.165) is 31.2 Å². The van der Waals surface area contributed by atoms with Crippen molar-refractivity contribution in [3.05, 3.63) is 34.1 Å². The molecule has 3 N–H and O–H groups in total. The molecule has 3 rings (SSSR count). The van der Waals surface area contributed by atoms with Gasteiger partial charge in [-0.3, -0.25) is 4.79 Å². The molecule has 2 aliphatic rings. The summed E-state index contributed by atoms with van der Waals surface area (Å²) >= 11 is 3.27. The number of rotatable bonds is 3. The smallest absolute Gasteiger partial charge is 0.223 e. The summed E-state index contributed by atoms with van der Waals surface area (Å²) in [6.45, 7) is 0.368. The first-order valence-corrected chi connectivity index (χ1v) is 8.80. The predicted molar refractivity (Wildman–Crippen MR) is 87.5 cm³/mol. The van der Waals surface area contributed by atoms with E-state index in [4.69, 9.17) is 5.73 Å². The molecule has 2 aliphatic carbocycles.